The average molecular weight is 476 g/mol. The first-order chi connectivity index (χ1) is 13.8. The van der Waals surface area contributed by atoms with Crippen LogP contribution in [0.2, 0.25) is 20.1 Å². The van der Waals surface area contributed by atoms with Gasteiger partial charge in [-0.2, -0.15) is 10.2 Å². The molecular formula is C18H14Cl4N4O3. The van der Waals surface area contributed by atoms with Gasteiger partial charge in [0, 0.05) is 20.6 Å². The summed E-state index contributed by atoms with van der Waals surface area (Å²) in [5.41, 5.74) is 5.69. The largest absolute Gasteiger partial charge is 0.362 e. The van der Waals surface area contributed by atoms with Crippen LogP contribution in [0.3, 0.4) is 0 Å². The summed E-state index contributed by atoms with van der Waals surface area (Å²) in [6.45, 7) is -0.736. The molecule has 2 aromatic rings. The molecule has 29 heavy (non-hydrogen) atoms. The number of rotatable bonds is 8. The highest BCUT2D eigenvalue weighted by atomic mass is 35.5. The van der Waals surface area contributed by atoms with Crippen LogP contribution < -0.4 is 10.9 Å². The normalized spacial score (nSPS) is 11.2. The smallest absolute Gasteiger partial charge is 0.266 e. The SMILES string of the molecule is O=C(COCC(=O)N/N=C/c1cc(Cl)cc(Cl)c1)N/N=C\c1ccc(Cl)cc1Cl. The monoisotopic (exact) mass is 474 g/mol. The molecule has 0 aliphatic carbocycles. The van der Waals surface area contributed by atoms with Gasteiger partial charge < -0.3 is 4.74 Å². The minimum atomic E-state index is -0.545. The van der Waals surface area contributed by atoms with Crippen molar-refractivity contribution in [2.75, 3.05) is 13.2 Å². The van der Waals surface area contributed by atoms with Gasteiger partial charge in [-0.1, -0.05) is 52.5 Å². The molecule has 0 atom stereocenters. The number of halogens is 4. The van der Waals surface area contributed by atoms with E-state index in [4.69, 9.17) is 51.1 Å². The van der Waals surface area contributed by atoms with E-state index in [1.807, 2.05) is 0 Å². The first-order valence-electron chi connectivity index (χ1n) is 7.96. The second kappa shape index (κ2) is 11.7. The van der Waals surface area contributed by atoms with E-state index in [9.17, 15) is 9.59 Å². The van der Waals surface area contributed by atoms with Crippen LogP contribution in [0.25, 0.3) is 0 Å². The molecule has 0 saturated heterocycles. The number of ether oxygens (including phenoxy) is 1. The minimum Gasteiger partial charge on any atom is -0.362 e. The molecule has 0 fully saturated rings. The van der Waals surface area contributed by atoms with E-state index in [1.165, 1.54) is 12.4 Å². The fourth-order valence-corrected chi connectivity index (χ4v) is 2.91. The summed E-state index contributed by atoms with van der Waals surface area (Å²) in [4.78, 5) is 23.3. The van der Waals surface area contributed by atoms with E-state index in [1.54, 1.807) is 36.4 Å². The first-order valence-corrected chi connectivity index (χ1v) is 9.47. The molecule has 2 rings (SSSR count). The van der Waals surface area contributed by atoms with E-state index >= 15 is 0 Å². The van der Waals surface area contributed by atoms with Crippen molar-refractivity contribution in [3.63, 3.8) is 0 Å². The lowest BCUT2D eigenvalue weighted by molar-refractivity contribution is -0.130. The number of hydrogen-bond donors (Lipinski definition) is 2. The van der Waals surface area contributed by atoms with Crippen LogP contribution in [0.15, 0.2) is 46.6 Å². The third kappa shape index (κ3) is 8.81. The molecule has 2 amide bonds. The van der Waals surface area contributed by atoms with Gasteiger partial charge in [0.25, 0.3) is 11.8 Å². The van der Waals surface area contributed by atoms with Crippen molar-refractivity contribution in [1.29, 1.82) is 0 Å². The maximum absolute atomic E-state index is 11.6. The molecule has 152 valence electrons. The highest BCUT2D eigenvalue weighted by Gasteiger charge is 2.04. The van der Waals surface area contributed by atoms with Crippen LogP contribution >= 0.6 is 46.4 Å². The van der Waals surface area contributed by atoms with Gasteiger partial charge in [0.05, 0.1) is 17.5 Å². The molecular weight excluding hydrogens is 462 g/mol. The molecule has 2 N–H and O–H groups in total. The zero-order valence-corrected chi connectivity index (χ0v) is 17.7. The molecule has 0 heterocycles. The lowest BCUT2D eigenvalue weighted by Crippen LogP contribution is -2.28. The van der Waals surface area contributed by atoms with Crippen molar-refractivity contribution < 1.29 is 14.3 Å². The summed E-state index contributed by atoms with van der Waals surface area (Å²) in [6.07, 6.45) is 2.74. The number of carbonyl (C=O) groups is 2. The van der Waals surface area contributed by atoms with Crippen LogP contribution in [-0.2, 0) is 14.3 Å². The van der Waals surface area contributed by atoms with Crippen molar-refractivity contribution in [3.05, 3.63) is 67.6 Å². The second-order valence-corrected chi connectivity index (χ2v) is 7.16. The molecule has 0 radical (unpaired) electrons. The summed E-state index contributed by atoms with van der Waals surface area (Å²) in [5, 5.41) is 9.27. The van der Waals surface area contributed by atoms with Gasteiger partial charge >= 0.3 is 0 Å². The van der Waals surface area contributed by atoms with E-state index in [-0.39, 0.29) is 13.2 Å². The van der Waals surface area contributed by atoms with E-state index in [0.29, 0.717) is 31.2 Å². The Hall–Kier alpha value is -2.16. The Labute approximate surface area is 186 Å². The highest BCUT2D eigenvalue weighted by Crippen LogP contribution is 2.19. The zero-order chi connectivity index (χ0) is 21.2. The molecule has 0 aromatic heterocycles. The third-order valence-corrected chi connectivity index (χ3v) is 4.11. The molecule has 0 spiro atoms. The summed E-state index contributed by atoms with van der Waals surface area (Å²) in [5.74, 6) is -1.09. The molecule has 7 nitrogen and oxygen atoms in total. The van der Waals surface area contributed by atoms with Crippen LogP contribution in [-0.4, -0.2) is 37.5 Å². The molecule has 2 aromatic carbocycles. The van der Waals surface area contributed by atoms with Gasteiger partial charge in [-0.05, 0) is 35.9 Å². The molecule has 0 saturated carbocycles. The maximum Gasteiger partial charge on any atom is 0.266 e. The number of amides is 2. The van der Waals surface area contributed by atoms with E-state index < -0.39 is 11.8 Å². The fourth-order valence-electron chi connectivity index (χ4n) is 1.91. The van der Waals surface area contributed by atoms with Crippen molar-refractivity contribution in [1.82, 2.24) is 10.9 Å². The minimum absolute atomic E-state index is 0.367. The third-order valence-electron chi connectivity index (χ3n) is 3.11. The lowest BCUT2D eigenvalue weighted by atomic mass is 10.2. The van der Waals surface area contributed by atoms with E-state index in [0.717, 1.165) is 0 Å². The highest BCUT2D eigenvalue weighted by molar-refractivity contribution is 6.36. The molecule has 0 bridgehead atoms. The summed E-state index contributed by atoms with van der Waals surface area (Å²) in [6, 6.07) is 9.67. The lowest BCUT2D eigenvalue weighted by Gasteiger charge is -2.03. The van der Waals surface area contributed by atoms with Gasteiger partial charge in [0.1, 0.15) is 13.2 Å². The Bertz CT molecular complexity index is 930. The molecule has 0 aliphatic rings. The number of carbonyl (C=O) groups excluding carboxylic acids is 2. The number of benzene rings is 2. The predicted molar refractivity (Wildman–Crippen MR) is 115 cm³/mol. The first kappa shape index (κ1) is 23.1. The van der Waals surface area contributed by atoms with Crippen molar-refractivity contribution in [2.45, 2.75) is 0 Å². The van der Waals surface area contributed by atoms with Crippen LogP contribution in [0, 0.1) is 0 Å². The van der Waals surface area contributed by atoms with Gasteiger partial charge in [-0.15, -0.1) is 0 Å². The number of hydrogen-bond acceptors (Lipinski definition) is 5. The number of nitrogens with zero attached hydrogens (tertiary/aromatic N) is 2. The van der Waals surface area contributed by atoms with Gasteiger partial charge in [-0.25, -0.2) is 10.9 Å². The fraction of sp³-hybridized carbons (Fsp3) is 0.111. The van der Waals surface area contributed by atoms with Crippen molar-refractivity contribution in [3.8, 4) is 0 Å². The van der Waals surface area contributed by atoms with Crippen LogP contribution in [0.4, 0.5) is 0 Å². The Morgan fingerprint density at radius 3 is 2.00 bits per heavy atom. The molecule has 11 heteroatoms. The quantitative estimate of drug-likeness (QED) is 0.447. The Morgan fingerprint density at radius 1 is 0.828 bits per heavy atom. The van der Waals surface area contributed by atoms with Gasteiger partial charge in [0.15, 0.2) is 0 Å². The maximum atomic E-state index is 11.6. The number of hydrazone groups is 2. The standard InChI is InChI=1S/C18H14Cl4N4O3/c19-13-2-1-12(16(22)6-13)8-24-26-18(28)10-29-9-17(27)25-23-7-11-3-14(20)5-15(21)4-11/h1-8H,9-10H2,(H,25,27)(H,26,28)/b23-7+,24-8-. The Balaban J connectivity index is 1.68. The van der Waals surface area contributed by atoms with Crippen LogP contribution in [0.1, 0.15) is 11.1 Å². The number of nitrogens with one attached hydrogen (secondary N) is 2. The Morgan fingerprint density at radius 2 is 1.41 bits per heavy atom. The van der Waals surface area contributed by atoms with Gasteiger partial charge in [0.2, 0.25) is 0 Å². The van der Waals surface area contributed by atoms with Gasteiger partial charge in [-0.3, -0.25) is 9.59 Å². The zero-order valence-electron chi connectivity index (χ0n) is 14.7. The molecule has 0 aliphatic heterocycles. The predicted octanol–water partition coefficient (Wildman–Crippen LogP) is 3.92. The van der Waals surface area contributed by atoms with Crippen molar-refractivity contribution in [2.24, 2.45) is 10.2 Å². The summed E-state index contributed by atoms with van der Waals surface area (Å²) >= 11 is 23.5. The molecule has 0 unspecified atom stereocenters. The van der Waals surface area contributed by atoms with E-state index in [2.05, 4.69) is 21.1 Å². The Kier molecular flexibility index (Phi) is 9.37. The topological polar surface area (TPSA) is 92.2 Å². The summed E-state index contributed by atoms with van der Waals surface area (Å²) in [7, 11) is 0. The van der Waals surface area contributed by atoms with Crippen molar-refractivity contribution >= 4 is 70.6 Å². The average Bonchev–Trinajstić information content (AvgIpc) is 2.63. The summed E-state index contributed by atoms with van der Waals surface area (Å²) < 4.78 is 4.98. The second-order valence-electron chi connectivity index (χ2n) is 5.45. The van der Waals surface area contributed by atoms with Crippen LogP contribution in [0.5, 0.6) is 0 Å².